The van der Waals surface area contributed by atoms with Crippen LogP contribution >= 0.6 is 0 Å². The zero-order chi connectivity index (χ0) is 22.0. The highest BCUT2D eigenvalue weighted by molar-refractivity contribution is 6.08. The number of rotatable bonds is 6. The number of hydrogen-bond donors (Lipinski definition) is 2. The van der Waals surface area contributed by atoms with Gasteiger partial charge in [-0.05, 0) is 62.1 Å². The molecule has 0 radical (unpaired) electrons. The second-order valence-electron chi connectivity index (χ2n) is 8.80. The molecule has 1 saturated heterocycles. The average molecular weight is 428 g/mol. The van der Waals surface area contributed by atoms with E-state index in [1.165, 1.54) is 24.0 Å². The smallest absolute Gasteiger partial charge is 0.326 e. The van der Waals surface area contributed by atoms with Crippen molar-refractivity contribution in [1.29, 1.82) is 0 Å². The van der Waals surface area contributed by atoms with Crippen LogP contribution in [0, 0.1) is 0 Å². The predicted octanol–water partition coefficient (Wildman–Crippen LogP) is 2.15. The molecule has 8 heteroatoms. The number of imide groups is 1. The molecule has 0 unspecified atom stereocenters. The van der Waals surface area contributed by atoms with Crippen LogP contribution in [0.1, 0.15) is 68.2 Å². The number of ether oxygens (including phenoxy) is 1. The van der Waals surface area contributed by atoms with Crippen LogP contribution in [0.4, 0.5) is 4.79 Å². The standard InChI is InChI=1S/C23H29N3O5/c1-15(17-9-8-16-6-2-3-7-18(16)12-17)24-19(27)14-31-20(28)13-26-21(29)23(25-22(26)30)10-4-5-11-23/h8-9,12,15H,2-7,10-11,13-14H2,1H3,(H,24,27)(H,25,30)/t15-/m0/s1. The molecule has 1 heterocycles. The van der Waals surface area contributed by atoms with E-state index in [2.05, 4.69) is 22.8 Å². The van der Waals surface area contributed by atoms with Crippen molar-refractivity contribution < 1.29 is 23.9 Å². The van der Waals surface area contributed by atoms with Gasteiger partial charge in [0.25, 0.3) is 11.8 Å². The lowest BCUT2D eigenvalue weighted by atomic mass is 9.89. The van der Waals surface area contributed by atoms with E-state index in [-0.39, 0.29) is 11.9 Å². The van der Waals surface area contributed by atoms with Crippen LogP contribution in [0.3, 0.4) is 0 Å². The Bertz CT molecular complexity index is 906. The van der Waals surface area contributed by atoms with Crippen LogP contribution in [0.5, 0.6) is 0 Å². The van der Waals surface area contributed by atoms with E-state index in [0.29, 0.717) is 12.8 Å². The number of carbonyl (C=O) groups excluding carboxylic acids is 4. The first-order valence-corrected chi connectivity index (χ1v) is 11.1. The molecule has 3 aliphatic rings. The third kappa shape index (κ3) is 4.43. The zero-order valence-electron chi connectivity index (χ0n) is 17.9. The van der Waals surface area contributed by atoms with Gasteiger partial charge in [0.05, 0.1) is 6.04 Å². The number of fused-ring (bicyclic) bond motifs is 1. The summed E-state index contributed by atoms with van der Waals surface area (Å²) < 4.78 is 5.02. The molecule has 1 aromatic rings. The number of benzene rings is 1. The van der Waals surface area contributed by atoms with E-state index in [1.54, 1.807) is 0 Å². The molecule has 4 amide bonds. The molecule has 1 aromatic carbocycles. The first-order valence-electron chi connectivity index (χ1n) is 11.1. The summed E-state index contributed by atoms with van der Waals surface area (Å²) in [6.07, 6.45) is 7.48. The zero-order valence-corrected chi connectivity index (χ0v) is 17.9. The van der Waals surface area contributed by atoms with Crippen LogP contribution in [-0.4, -0.2) is 47.4 Å². The van der Waals surface area contributed by atoms with Gasteiger partial charge in [-0.3, -0.25) is 19.3 Å². The van der Waals surface area contributed by atoms with Gasteiger partial charge in [-0.15, -0.1) is 0 Å². The summed E-state index contributed by atoms with van der Waals surface area (Å²) in [5.41, 5.74) is 2.87. The number of hydrogen-bond acceptors (Lipinski definition) is 5. The molecule has 166 valence electrons. The number of urea groups is 1. The first-order chi connectivity index (χ1) is 14.9. The van der Waals surface area contributed by atoms with Crippen molar-refractivity contribution in [3.05, 3.63) is 34.9 Å². The van der Waals surface area contributed by atoms with Crippen molar-refractivity contribution in [2.24, 2.45) is 0 Å². The SMILES string of the molecule is C[C@H](NC(=O)COC(=O)CN1C(=O)NC2(CCCC2)C1=O)c1ccc2c(c1)CCCC2. The Morgan fingerprint density at radius 1 is 1.13 bits per heavy atom. The number of amides is 4. The Kier molecular flexibility index (Phi) is 5.98. The highest BCUT2D eigenvalue weighted by Gasteiger charge is 2.52. The van der Waals surface area contributed by atoms with Crippen LogP contribution < -0.4 is 10.6 Å². The molecule has 2 aliphatic carbocycles. The maximum absolute atomic E-state index is 12.6. The first kappa shape index (κ1) is 21.3. The predicted molar refractivity (Wildman–Crippen MR) is 112 cm³/mol. The molecule has 0 aromatic heterocycles. The van der Waals surface area contributed by atoms with Gasteiger partial charge >= 0.3 is 12.0 Å². The number of aryl methyl sites for hydroxylation is 2. The minimum absolute atomic E-state index is 0.216. The van der Waals surface area contributed by atoms with Gasteiger partial charge in [-0.2, -0.15) is 0 Å². The van der Waals surface area contributed by atoms with Crippen molar-refractivity contribution in [1.82, 2.24) is 15.5 Å². The lowest BCUT2D eigenvalue weighted by molar-refractivity contribution is -0.151. The van der Waals surface area contributed by atoms with Crippen LogP contribution in [0.15, 0.2) is 18.2 Å². The van der Waals surface area contributed by atoms with E-state index in [9.17, 15) is 19.2 Å². The van der Waals surface area contributed by atoms with Crippen LogP contribution in [0.2, 0.25) is 0 Å². The van der Waals surface area contributed by atoms with E-state index >= 15 is 0 Å². The number of nitrogens with one attached hydrogen (secondary N) is 2. The van der Waals surface area contributed by atoms with Crippen molar-refractivity contribution in [2.75, 3.05) is 13.2 Å². The molecule has 1 spiro atoms. The molecule has 1 saturated carbocycles. The van der Waals surface area contributed by atoms with E-state index in [4.69, 9.17) is 4.74 Å². The largest absolute Gasteiger partial charge is 0.454 e. The van der Waals surface area contributed by atoms with Gasteiger partial charge in [0.2, 0.25) is 0 Å². The van der Waals surface area contributed by atoms with E-state index in [1.807, 2.05) is 13.0 Å². The molecule has 1 aliphatic heterocycles. The third-order valence-electron chi connectivity index (χ3n) is 6.60. The van der Waals surface area contributed by atoms with Gasteiger partial charge in [0.15, 0.2) is 6.61 Å². The lowest BCUT2D eigenvalue weighted by Crippen LogP contribution is -2.44. The monoisotopic (exact) mass is 427 g/mol. The molecule has 8 nitrogen and oxygen atoms in total. The minimum Gasteiger partial charge on any atom is -0.454 e. The Balaban J connectivity index is 1.25. The lowest BCUT2D eigenvalue weighted by Gasteiger charge is -2.20. The number of nitrogens with zero attached hydrogens (tertiary/aromatic N) is 1. The summed E-state index contributed by atoms with van der Waals surface area (Å²) in [6.45, 7) is 0.946. The fourth-order valence-corrected chi connectivity index (χ4v) is 4.85. The second-order valence-corrected chi connectivity index (χ2v) is 8.80. The van der Waals surface area contributed by atoms with Gasteiger partial charge in [-0.25, -0.2) is 4.79 Å². The number of esters is 1. The molecular formula is C23H29N3O5. The van der Waals surface area contributed by atoms with Crippen molar-refractivity contribution in [3.8, 4) is 0 Å². The van der Waals surface area contributed by atoms with Crippen molar-refractivity contribution in [2.45, 2.75) is 69.9 Å². The summed E-state index contributed by atoms with van der Waals surface area (Å²) in [5, 5.41) is 5.55. The van der Waals surface area contributed by atoms with Gasteiger partial charge in [0.1, 0.15) is 12.1 Å². The fraction of sp³-hybridized carbons (Fsp3) is 0.565. The van der Waals surface area contributed by atoms with Crippen molar-refractivity contribution >= 4 is 23.8 Å². The van der Waals surface area contributed by atoms with Gasteiger partial charge < -0.3 is 15.4 Å². The Labute approximate surface area is 181 Å². The maximum atomic E-state index is 12.6. The average Bonchev–Trinajstić information content (AvgIpc) is 3.32. The normalized spacial score (nSPS) is 20.4. The topological polar surface area (TPSA) is 105 Å². The molecule has 2 fully saturated rings. The summed E-state index contributed by atoms with van der Waals surface area (Å²) in [5.74, 6) is -1.59. The van der Waals surface area contributed by atoms with Crippen LogP contribution in [0.25, 0.3) is 0 Å². The summed E-state index contributed by atoms with van der Waals surface area (Å²) in [6, 6.07) is 5.50. The molecule has 1 atom stereocenters. The summed E-state index contributed by atoms with van der Waals surface area (Å²) >= 11 is 0. The molecule has 4 rings (SSSR count). The maximum Gasteiger partial charge on any atom is 0.326 e. The Morgan fingerprint density at radius 2 is 1.84 bits per heavy atom. The second kappa shape index (κ2) is 8.69. The Hall–Kier alpha value is -2.90. The number of carbonyl (C=O) groups is 4. The van der Waals surface area contributed by atoms with E-state index < -0.39 is 36.6 Å². The highest BCUT2D eigenvalue weighted by Crippen LogP contribution is 2.34. The molecule has 31 heavy (non-hydrogen) atoms. The molecular weight excluding hydrogens is 398 g/mol. The van der Waals surface area contributed by atoms with Gasteiger partial charge in [-0.1, -0.05) is 31.0 Å². The fourth-order valence-electron chi connectivity index (χ4n) is 4.85. The van der Waals surface area contributed by atoms with Gasteiger partial charge in [0, 0.05) is 0 Å². The quantitative estimate of drug-likeness (QED) is 0.535. The molecule has 0 bridgehead atoms. The van der Waals surface area contributed by atoms with E-state index in [0.717, 1.165) is 36.1 Å². The third-order valence-corrected chi connectivity index (χ3v) is 6.60. The molecule has 2 N–H and O–H groups in total. The van der Waals surface area contributed by atoms with Crippen molar-refractivity contribution in [3.63, 3.8) is 0 Å². The highest BCUT2D eigenvalue weighted by atomic mass is 16.5. The minimum atomic E-state index is -0.862. The summed E-state index contributed by atoms with van der Waals surface area (Å²) in [7, 11) is 0. The summed E-state index contributed by atoms with van der Waals surface area (Å²) in [4.78, 5) is 50.0. The Morgan fingerprint density at radius 3 is 2.58 bits per heavy atom. The van der Waals surface area contributed by atoms with Crippen LogP contribution in [-0.2, 0) is 32.0 Å².